The van der Waals surface area contributed by atoms with E-state index in [2.05, 4.69) is 20.3 Å². The minimum Gasteiger partial charge on any atom is -0.484 e. The van der Waals surface area contributed by atoms with E-state index in [9.17, 15) is 4.79 Å². The van der Waals surface area contributed by atoms with Crippen molar-refractivity contribution in [3.63, 3.8) is 0 Å². The third kappa shape index (κ3) is 5.24. The zero-order valence-corrected chi connectivity index (χ0v) is 17.1. The molecule has 8 heteroatoms. The Morgan fingerprint density at radius 2 is 1.84 bits per heavy atom. The summed E-state index contributed by atoms with van der Waals surface area (Å²) in [6.07, 6.45) is 4.96. The average molecular weight is 415 g/mol. The molecule has 2 aromatic carbocycles. The molecule has 4 aromatic rings. The molecule has 0 spiro atoms. The van der Waals surface area contributed by atoms with Crippen LogP contribution in [0, 0.1) is 13.8 Å². The Morgan fingerprint density at radius 1 is 1.00 bits per heavy atom. The van der Waals surface area contributed by atoms with E-state index in [4.69, 9.17) is 9.47 Å². The first-order valence-electron chi connectivity index (χ1n) is 9.66. The van der Waals surface area contributed by atoms with Crippen molar-refractivity contribution in [1.82, 2.24) is 19.5 Å². The molecular weight excluding hydrogens is 394 g/mol. The Labute approximate surface area is 179 Å². The predicted octanol–water partition coefficient (Wildman–Crippen LogP) is 4.09. The first-order chi connectivity index (χ1) is 15.1. The van der Waals surface area contributed by atoms with E-state index in [0.717, 1.165) is 11.4 Å². The number of anilines is 1. The zero-order chi connectivity index (χ0) is 21.6. The van der Waals surface area contributed by atoms with Gasteiger partial charge in [0.1, 0.15) is 29.5 Å². The van der Waals surface area contributed by atoms with Crippen molar-refractivity contribution in [2.24, 2.45) is 0 Å². The van der Waals surface area contributed by atoms with Gasteiger partial charge in [0, 0.05) is 24.1 Å². The molecule has 2 heterocycles. The highest BCUT2D eigenvalue weighted by atomic mass is 16.5. The van der Waals surface area contributed by atoms with E-state index in [1.54, 1.807) is 36.5 Å². The fourth-order valence-corrected chi connectivity index (χ4v) is 2.92. The van der Waals surface area contributed by atoms with E-state index in [1.165, 1.54) is 6.33 Å². The molecule has 0 unspecified atom stereocenters. The normalized spacial score (nSPS) is 10.5. The van der Waals surface area contributed by atoms with E-state index in [0.29, 0.717) is 28.9 Å². The Bertz CT molecular complexity index is 1190. The molecule has 0 atom stereocenters. The van der Waals surface area contributed by atoms with Crippen molar-refractivity contribution in [2.75, 3.05) is 11.9 Å². The fraction of sp³-hybridized carbons (Fsp3) is 0.130. The summed E-state index contributed by atoms with van der Waals surface area (Å²) >= 11 is 0. The number of carbonyl (C=O) groups excluding carboxylic acids is 1. The van der Waals surface area contributed by atoms with Gasteiger partial charge in [-0.3, -0.25) is 9.36 Å². The Balaban J connectivity index is 1.34. The maximum Gasteiger partial charge on any atom is 0.262 e. The summed E-state index contributed by atoms with van der Waals surface area (Å²) in [4.78, 5) is 24.7. The summed E-state index contributed by atoms with van der Waals surface area (Å²) in [6.45, 7) is 3.79. The summed E-state index contributed by atoms with van der Waals surface area (Å²) in [5.41, 5.74) is 1.71. The van der Waals surface area contributed by atoms with Gasteiger partial charge in [-0.25, -0.2) is 15.0 Å². The standard InChI is InChI=1S/C23H21N5O3/c1-16-4-3-5-20(12-16)30-14-22(29)27-18-6-8-19(9-7-18)31-23-13-21(25-15-26-23)28-11-10-24-17(28)2/h3-13,15H,14H2,1-2H3,(H,27,29). The van der Waals surface area contributed by atoms with Gasteiger partial charge in [0.15, 0.2) is 6.61 Å². The highest BCUT2D eigenvalue weighted by molar-refractivity contribution is 5.91. The lowest BCUT2D eigenvalue weighted by Crippen LogP contribution is -2.20. The van der Waals surface area contributed by atoms with Crippen molar-refractivity contribution in [3.05, 3.63) is 84.7 Å². The molecule has 4 rings (SSSR count). The quantitative estimate of drug-likeness (QED) is 0.489. The second kappa shape index (κ2) is 9.08. The number of benzene rings is 2. The van der Waals surface area contributed by atoms with Gasteiger partial charge in [0.2, 0.25) is 5.88 Å². The highest BCUT2D eigenvalue weighted by Crippen LogP contribution is 2.22. The van der Waals surface area contributed by atoms with Crippen LogP contribution in [0.2, 0.25) is 0 Å². The zero-order valence-electron chi connectivity index (χ0n) is 17.1. The molecule has 0 aliphatic rings. The number of hydrogen-bond acceptors (Lipinski definition) is 6. The molecule has 0 fully saturated rings. The molecule has 0 saturated heterocycles. The van der Waals surface area contributed by atoms with E-state index in [-0.39, 0.29) is 12.5 Å². The molecule has 0 aliphatic heterocycles. The fourth-order valence-electron chi connectivity index (χ4n) is 2.92. The highest BCUT2D eigenvalue weighted by Gasteiger charge is 2.07. The van der Waals surface area contributed by atoms with Crippen molar-refractivity contribution in [3.8, 4) is 23.2 Å². The number of carbonyl (C=O) groups is 1. The number of rotatable bonds is 7. The van der Waals surface area contributed by atoms with E-state index < -0.39 is 0 Å². The van der Waals surface area contributed by atoms with Crippen LogP contribution < -0.4 is 14.8 Å². The average Bonchev–Trinajstić information content (AvgIpc) is 3.20. The van der Waals surface area contributed by atoms with Crippen LogP contribution in [0.4, 0.5) is 5.69 Å². The number of aryl methyl sites for hydroxylation is 2. The molecule has 0 saturated carbocycles. The van der Waals surface area contributed by atoms with Crippen LogP contribution >= 0.6 is 0 Å². The van der Waals surface area contributed by atoms with Crippen LogP contribution in [0.25, 0.3) is 5.82 Å². The number of aromatic nitrogens is 4. The van der Waals surface area contributed by atoms with Crippen LogP contribution in [0.5, 0.6) is 17.4 Å². The van der Waals surface area contributed by atoms with Gasteiger partial charge in [-0.1, -0.05) is 12.1 Å². The lowest BCUT2D eigenvalue weighted by molar-refractivity contribution is -0.118. The van der Waals surface area contributed by atoms with Crippen LogP contribution in [0.1, 0.15) is 11.4 Å². The van der Waals surface area contributed by atoms with Crippen LogP contribution in [0.3, 0.4) is 0 Å². The largest absolute Gasteiger partial charge is 0.484 e. The maximum absolute atomic E-state index is 12.1. The number of nitrogens with one attached hydrogen (secondary N) is 1. The van der Waals surface area contributed by atoms with Crippen LogP contribution in [-0.4, -0.2) is 32.0 Å². The number of nitrogens with zero attached hydrogens (tertiary/aromatic N) is 4. The van der Waals surface area contributed by atoms with Crippen molar-refractivity contribution in [2.45, 2.75) is 13.8 Å². The van der Waals surface area contributed by atoms with Gasteiger partial charge in [0.25, 0.3) is 5.91 Å². The molecule has 0 radical (unpaired) electrons. The monoisotopic (exact) mass is 415 g/mol. The van der Waals surface area contributed by atoms with E-state index >= 15 is 0 Å². The summed E-state index contributed by atoms with van der Waals surface area (Å²) in [5, 5.41) is 2.80. The third-order valence-corrected chi connectivity index (χ3v) is 4.42. The molecule has 31 heavy (non-hydrogen) atoms. The lowest BCUT2D eigenvalue weighted by Gasteiger charge is -2.10. The first-order valence-corrected chi connectivity index (χ1v) is 9.66. The van der Waals surface area contributed by atoms with Crippen molar-refractivity contribution >= 4 is 11.6 Å². The van der Waals surface area contributed by atoms with Crippen LogP contribution in [0.15, 0.2) is 73.3 Å². The smallest absolute Gasteiger partial charge is 0.262 e. The molecule has 0 bridgehead atoms. The minimum atomic E-state index is -0.244. The number of amides is 1. The molecule has 8 nitrogen and oxygen atoms in total. The number of imidazole rings is 1. The topological polar surface area (TPSA) is 91.2 Å². The van der Waals surface area contributed by atoms with E-state index in [1.807, 2.05) is 48.9 Å². The second-order valence-corrected chi connectivity index (χ2v) is 6.84. The Morgan fingerprint density at radius 3 is 2.58 bits per heavy atom. The Kier molecular flexibility index (Phi) is 5.89. The Hall–Kier alpha value is -4.20. The molecular formula is C23H21N5O3. The molecule has 156 valence electrons. The first kappa shape index (κ1) is 20.1. The van der Waals surface area contributed by atoms with Crippen LogP contribution in [-0.2, 0) is 4.79 Å². The summed E-state index contributed by atoms with van der Waals surface area (Å²) < 4.78 is 13.2. The number of hydrogen-bond donors (Lipinski definition) is 1. The van der Waals surface area contributed by atoms with Gasteiger partial charge in [-0.05, 0) is 55.8 Å². The van der Waals surface area contributed by atoms with Gasteiger partial charge < -0.3 is 14.8 Å². The summed E-state index contributed by atoms with van der Waals surface area (Å²) in [7, 11) is 0. The molecule has 1 amide bonds. The van der Waals surface area contributed by atoms with Gasteiger partial charge in [0.05, 0.1) is 0 Å². The van der Waals surface area contributed by atoms with Crippen molar-refractivity contribution in [1.29, 1.82) is 0 Å². The molecule has 1 N–H and O–H groups in total. The third-order valence-electron chi connectivity index (χ3n) is 4.42. The predicted molar refractivity (Wildman–Crippen MR) is 116 cm³/mol. The maximum atomic E-state index is 12.1. The SMILES string of the molecule is Cc1cccc(OCC(=O)Nc2ccc(Oc3cc(-n4ccnc4C)ncn3)cc2)c1. The number of ether oxygens (including phenoxy) is 2. The van der Waals surface area contributed by atoms with Gasteiger partial charge in [-0.15, -0.1) is 0 Å². The summed E-state index contributed by atoms with van der Waals surface area (Å²) in [5.74, 6) is 2.89. The minimum absolute atomic E-state index is 0.0704. The van der Waals surface area contributed by atoms with Gasteiger partial charge in [-0.2, -0.15) is 0 Å². The molecule has 0 aliphatic carbocycles. The lowest BCUT2D eigenvalue weighted by atomic mass is 10.2. The second-order valence-electron chi connectivity index (χ2n) is 6.84. The molecule has 2 aromatic heterocycles. The summed E-state index contributed by atoms with van der Waals surface area (Å²) in [6, 6.07) is 16.3. The van der Waals surface area contributed by atoms with Gasteiger partial charge >= 0.3 is 0 Å². The van der Waals surface area contributed by atoms with Crippen molar-refractivity contribution < 1.29 is 14.3 Å².